The summed E-state index contributed by atoms with van der Waals surface area (Å²) in [5.74, 6) is -0.454. The maximum Gasteiger partial charge on any atom is 0.329 e. The summed E-state index contributed by atoms with van der Waals surface area (Å²) >= 11 is 0. The molecule has 1 aromatic carbocycles. The van der Waals surface area contributed by atoms with Crippen LogP contribution in [0.3, 0.4) is 0 Å². The molecule has 9 heteroatoms. The summed E-state index contributed by atoms with van der Waals surface area (Å²) < 4.78 is 45.3. The highest BCUT2D eigenvalue weighted by Crippen LogP contribution is 2.11. The number of nitrogens with one attached hydrogen (secondary N) is 2. The van der Waals surface area contributed by atoms with Crippen LogP contribution in [0.15, 0.2) is 24.3 Å². The van der Waals surface area contributed by atoms with Gasteiger partial charge in [0.05, 0.1) is 5.60 Å². The first-order valence-corrected chi connectivity index (χ1v) is 8.81. The standard InChI is InChI=1S/C15H24FN3O4S/c1-15(2,23-4)8-9-17-14(20)18-24(21,22)19(3)11-12-6-5-7-13(16)10-12/h5-7,10H,8-9,11H2,1-4H3,(H2,17,18,20). The fraction of sp³-hybridized carbons (Fsp3) is 0.533. The van der Waals surface area contributed by atoms with Crippen molar-refractivity contribution in [3.63, 3.8) is 0 Å². The van der Waals surface area contributed by atoms with Crippen LogP contribution in [0.4, 0.5) is 9.18 Å². The molecule has 0 bridgehead atoms. The fourth-order valence-electron chi connectivity index (χ4n) is 1.79. The highest BCUT2D eigenvalue weighted by atomic mass is 32.2. The van der Waals surface area contributed by atoms with Gasteiger partial charge in [-0.3, -0.25) is 0 Å². The normalized spacial score (nSPS) is 12.2. The van der Waals surface area contributed by atoms with Crippen molar-refractivity contribution in [2.75, 3.05) is 20.7 Å². The van der Waals surface area contributed by atoms with Crippen LogP contribution in [-0.2, 0) is 21.5 Å². The SMILES string of the molecule is COC(C)(C)CCNC(=O)NS(=O)(=O)N(C)Cc1cccc(F)c1. The lowest BCUT2D eigenvalue weighted by Crippen LogP contribution is -2.46. The molecule has 24 heavy (non-hydrogen) atoms. The molecule has 0 aliphatic carbocycles. The molecule has 0 radical (unpaired) electrons. The Morgan fingerprint density at radius 2 is 2.04 bits per heavy atom. The summed E-state index contributed by atoms with van der Waals surface area (Å²) in [7, 11) is -1.16. The van der Waals surface area contributed by atoms with Crippen LogP contribution in [0.1, 0.15) is 25.8 Å². The summed E-state index contributed by atoms with van der Waals surface area (Å²) in [5.41, 5.74) is 0.0606. The molecule has 2 amide bonds. The quantitative estimate of drug-likeness (QED) is 0.736. The molecule has 0 heterocycles. The molecule has 136 valence electrons. The second kappa shape index (κ2) is 8.41. The molecule has 7 nitrogen and oxygen atoms in total. The number of urea groups is 1. The number of halogens is 1. The highest BCUT2D eigenvalue weighted by Gasteiger charge is 2.21. The van der Waals surface area contributed by atoms with E-state index in [2.05, 4.69) is 5.32 Å². The van der Waals surface area contributed by atoms with Gasteiger partial charge in [0.25, 0.3) is 0 Å². The van der Waals surface area contributed by atoms with Crippen molar-refractivity contribution in [2.24, 2.45) is 0 Å². The van der Waals surface area contributed by atoms with Gasteiger partial charge in [0, 0.05) is 27.2 Å². The van der Waals surface area contributed by atoms with E-state index in [1.807, 2.05) is 18.6 Å². The second-order valence-corrected chi connectivity index (χ2v) is 7.74. The highest BCUT2D eigenvalue weighted by molar-refractivity contribution is 7.87. The molecule has 0 atom stereocenters. The predicted octanol–water partition coefficient (Wildman–Crippen LogP) is 1.62. The van der Waals surface area contributed by atoms with E-state index >= 15 is 0 Å². The number of carbonyl (C=O) groups excluding carboxylic acids is 1. The number of nitrogens with zero attached hydrogens (tertiary/aromatic N) is 1. The maximum absolute atomic E-state index is 13.1. The van der Waals surface area contributed by atoms with Gasteiger partial charge in [-0.15, -0.1) is 0 Å². The molecule has 2 N–H and O–H groups in total. The van der Waals surface area contributed by atoms with E-state index < -0.39 is 27.7 Å². The van der Waals surface area contributed by atoms with Crippen molar-refractivity contribution >= 4 is 16.2 Å². The van der Waals surface area contributed by atoms with Crippen molar-refractivity contribution in [1.82, 2.24) is 14.3 Å². The van der Waals surface area contributed by atoms with Gasteiger partial charge in [-0.25, -0.2) is 13.9 Å². The van der Waals surface area contributed by atoms with Crippen LogP contribution < -0.4 is 10.0 Å². The Morgan fingerprint density at radius 3 is 2.62 bits per heavy atom. The average Bonchev–Trinajstić information content (AvgIpc) is 2.46. The van der Waals surface area contributed by atoms with Crippen LogP contribution in [0.25, 0.3) is 0 Å². The van der Waals surface area contributed by atoms with Crippen molar-refractivity contribution in [3.05, 3.63) is 35.6 Å². The van der Waals surface area contributed by atoms with Crippen molar-refractivity contribution < 1.29 is 22.3 Å². The van der Waals surface area contributed by atoms with Crippen molar-refractivity contribution in [2.45, 2.75) is 32.4 Å². The molecule has 0 aliphatic heterocycles. The zero-order chi connectivity index (χ0) is 18.4. The Morgan fingerprint density at radius 1 is 1.38 bits per heavy atom. The van der Waals surface area contributed by atoms with Crippen LogP contribution >= 0.6 is 0 Å². The molecule has 0 unspecified atom stereocenters. The van der Waals surface area contributed by atoms with E-state index in [-0.39, 0.29) is 13.1 Å². The van der Waals surface area contributed by atoms with E-state index in [0.29, 0.717) is 12.0 Å². The average molecular weight is 361 g/mol. The van der Waals surface area contributed by atoms with Gasteiger partial charge < -0.3 is 10.1 Å². The molecule has 0 fully saturated rings. The molecule has 1 aromatic rings. The predicted molar refractivity (Wildman–Crippen MR) is 89.0 cm³/mol. The third kappa shape index (κ3) is 6.81. The summed E-state index contributed by atoms with van der Waals surface area (Å²) in [6.07, 6.45) is 0.524. The zero-order valence-electron chi connectivity index (χ0n) is 14.3. The van der Waals surface area contributed by atoms with Crippen LogP contribution in [0.2, 0.25) is 0 Å². The van der Waals surface area contributed by atoms with Gasteiger partial charge >= 0.3 is 16.2 Å². The van der Waals surface area contributed by atoms with Gasteiger partial charge in [0.2, 0.25) is 0 Å². The molecular weight excluding hydrogens is 337 g/mol. The second-order valence-electron chi connectivity index (χ2n) is 5.96. The smallest absolute Gasteiger partial charge is 0.329 e. The number of hydrogen-bond donors (Lipinski definition) is 2. The molecule has 0 aromatic heterocycles. The number of hydrogen-bond acceptors (Lipinski definition) is 4. The molecule has 0 aliphatic rings. The first kappa shape index (κ1) is 20.3. The lowest BCUT2D eigenvalue weighted by Gasteiger charge is -2.23. The minimum atomic E-state index is -4.02. The number of benzene rings is 1. The number of rotatable bonds is 8. The zero-order valence-corrected chi connectivity index (χ0v) is 15.1. The summed E-state index contributed by atoms with van der Waals surface area (Å²) in [6, 6.07) is 4.77. The molecule has 0 saturated carbocycles. The summed E-state index contributed by atoms with van der Waals surface area (Å²) in [4.78, 5) is 11.7. The molecule has 0 saturated heterocycles. The monoisotopic (exact) mass is 361 g/mol. The topological polar surface area (TPSA) is 87.7 Å². The van der Waals surface area contributed by atoms with E-state index in [0.717, 1.165) is 4.31 Å². The number of ether oxygens (including phenoxy) is 1. The Hall–Kier alpha value is -1.71. The largest absolute Gasteiger partial charge is 0.379 e. The molecule has 0 spiro atoms. The van der Waals surface area contributed by atoms with Crippen LogP contribution in [0.5, 0.6) is 0 Å². The Bertz CT molecular complexity index is 664. The van der Waals surface area contributed by atoms with E-state index in [9.17, 15) is 17.6 Å². The van der Waals surface area contributed by atoms with Crippen molar-refractivity contribution in [3.8, 4) is 0 Å². The Labute approximate surface area is 142 Å². The number of methoxy groups -OCH3 is 1. The minimum absolute atomic E-state index is 0.0585. The van der Waals surface area contributed by atoms with Crippen molar-refractivity contribution in [1.29, 1.82) is 0 Å². The maximum atomic E-state index is 13.1. The number of carbonyl (C=O) groups is 1. The Kier molecular flexibility index (Phi) is 7.12. The van der Waals surface area contributed by atoms with Gasteiger partial charge in [-0.1, -0.05) is 12.1 Å². The van der Waals surface area contributed by atoms with E-state index in [1.54, 1.807) is 13.2 Å². The number of amides is 2. The van der Waals surface area contributed by atoms with E-state index in [4.69, 9.17) is 4.74 Å². The fourth-order valence-corrected chi connectivity index (χ4v) is 2.57. The van der Waals surface area contributed by atoms with Gasteiger partial charge in [-0.2, -0.15) is 12.7 Å². The summed E-state index contributed by atoms with van der Waals surface area (Å²) in [6.45, 7) is 3.92. The van der Waals surface area contributed by atoms with Gasteiger partial charge in [-0.05, 0) is 38.0 Å². The lowest BCUT2D eigenvalue weighted by molar-refractivity contribution is 0.0165. The minimum Gasteiger partial charge on any atom is -0.379 e. The first-order valence-electron chi connectivity index (χ1n) is 7.37. The van der Waals surface area contributed by atoms with Gasteiger partial charge in [0.1, 0.15) is 5.82 Å². The van der Waals surface area contributed by atoms with Crippen LogP contribution in [-0.4, -0.2) is 45.1 Å². The Balaban J connectivity index is 2.54. The first-order chi connectivity index (χ1) is 11.1. The summed E-state index contributed by atoms with van der Waals surface area (Å²) in [5, 5.41) is 2.46. The molecule has 1 rings (SSSR count). The molecular formula is C15H24FN3O4S. The van der Waals surface area contributed by atoms with E-state index in [1.165, 1.54) is 25.2 Å². The van der Waals surface area contributed by atoms with Gasteiger partial charge in [0.15, 0.2) is 0 Å². The third-order valence-electron chi connectivity index (χ3n) is 3.49. The lowest BCUT2D eigenvalue weighted by atomic mass is 10.1. The van der Waals surface area contributed by atoms with Crippen LogP contribution in [0, 0.1) is 5.82 Å². The third-order valence-corrected chi connectivity index (χ3v) is 4.88.